The van der Waals surface area contributed by atoms with Crippen LogP contribution in [0.15, 0.2) is 36.4 Å². The lowest BCUT2D eigenvalue weighted by atomic mass is 9.95. The van der Waals surface area contributed by atoms with Crippen molar-refractivity contribution in [3.63, 3.8) is 0 Å². The van der Waals surface area contributed by atoms with Gasteiger partial charge in [0.2, 0.25) is 0 Å². The number of imidazole rings is 1. The van der Waals surface area contributed by atoms with Crippen LogP contribution < -0.4 is 10.0 Å². The van der Waals surface area contributed by atoms with Gasteiger partial charge in [0.1, 0.15) is 17.3 Å². The second-order valence-corrected chi connectivity index (χ2v) is 10.1. The minimum absolute atomic E-state index is 0.392. The van der Waals surface area contributed by atoms with Crippen molar-refractivity contribution >= 4 is 20.8 Å². The summed E-state index contributed by atoms with van der Waals surface area (Å²) in [5.74, 6) is 3.31. The van der Waals surface area contributed by atoms with Crippen LogP contribution in [0.4, 0.5) is 0 Å². The van der Waals surface area contributed by atoms with Gasteiger partial charge < -0.3 is 9.64 Å². The second kappa shape index (κ2) is 14.1. The van der Waals surface area contributed by atoms with Crippen LogP contribution in [-0.2, 0) is 0 Å². The van der Waals surface area contributed by atoms with Crippen molar-refractivity contribution in [3.05, 3.63) is 58.9 Å². The average molecular weight is 521 g/mol. The first-order chi connectivity index (χ1) is 17.7. The summed E-state index contributed by atoms with van der Waals surface area (Å²) in [5, 5.41) is 9.92. The number of likely N-dealkylation sites (tertiary alicyclic amines) is 1. The van der Waals surface area contributed by atoms with E-state index >= 15 is 0 Å². The number of hydrogen-bond donors (Lipinski definition) is 0. The van der Waals surface area contributed by atoms with Crippen LogP contribution in [0.2, 0.25) is 0 Å². The maximum atomic E-state index is 11.4. The minimum Gasteiger partial charge on any atom is -0.496 e. The normalized spacial score (nSPS) is 14.8. The first-order valence-electron chi connectivity index (χ1n) is 12.9. The number of aromatic nitrogens is 2. The van der Waals surface area contributed by atoms with E-state index in [1.54, 1.807) is 13.2 Å². The zero-order chi connectivity index (χ0) is 27.7. The first-order valence-corrected chi connectivity index (χ1v) is 13.5. The van der Waals surface area contributed by atoms with E-state index in [-0.39, 0.29) is 0 Å². The molecule has 1 aliphatic rings. The summed E-state index contributed by atoms with van der Waals surface area (Å²) in [6.45, 7) is 15.1. The molecule has 0 aliphatic carbocycles. The van der Waals surface area contributed by atoms with E-state index in [2.05, 4.69) is 46.1 Å². The Balaban J connectivity index is 0.000000367. The summed E-state index contributed by atoms with van der Waals surface area (Å²) in [6.07, 6.45) is 2.17. The van der Waals surface area contributed by atoms with Crippen molar-refractivity contribution in [1.82, 2.24) is 14.5 Å². The van der Waals surface area contributed by atoms with E-state index in [4.69, 9.17) is 10.00 Å². The Hall–Kier alpha value is -3.00. The Kier molecular flexibility index (Phi) is 11.5. The van der Waals surface area contributed by atoms with Crippen LogP contribution in [-0.4, -0.2) is 48.0 Å². The summed E-state index contributed by atoms with van der Waals surface area (Å²) >= 11 is 0. The Morgan fingerprint density at radius 1 is 1.19 bits per heavy atom. The van der Waals surface area contributed by atoms with E-state index < -0.39 is 0 Å². The fraction of sp³-hybridized carbons (Fsp3) is 0.433. The quantitative estimate of drug-likeness (QED) is 0.306. The molecule has 37 heavy (non-hydrogen) atoms. The third-order valence-electron chi connectivity index (χ3n) is 6.69. The third kappa shape index (κ3) is 7.28. The number of hydrogen-bond acceptors (Lipinski definition) is 5. The van der Waals surface area contributed by atoms with Crippen LogP contribution in [0, 0.1) is 37.0 Å². The summed E-state index contributed by atoms with van der Waals surface area (Å²) < 4.78 is 7.28. The zero-order valence-corrected chi connectivity index (χ0v) is 24.7. The number of aldehydes is 1. The van der Waals surface area contributed by atoms with Crippen LogP contribution >= 0.6 is 9.24 Å². The summed E-state index contributed by atoms with van der Waals surface area (Å²) in [6, 6.07) is 13.5. The summed E-state index contributed by atoms with van der Waals surface area (Å²) in [7, 11) is 6.41. The highest BCUT2D eigenvalue weighted by atomic mass is 31.0. The smallest absolute Gasteiger partial charge is 0.170 e. The molecule has 1 saturated heterocycles. The number of benzene rings is 2. The molecule has 1 aromatic heterocycles. The Bertz CT molecular complexity index is 1240. The highest BCUT2D eigenvalue weighted by Gasteiger charge is 2.21. The van der Waals surface area contributed by atoms with Gasteiger partial charge in [-0.15, -0.1) is 9.24 Å². The molecule has 0 bridgehead atoms. The Labute approximate surface area is 224 Å². The van der Waals surface area contributed by atoms with E-state index in [1.807, 2.05) is 62.6 Å². The van der Waals surface area contributed by atoms with Gasteiger partial charge in [-0.3, -0.25) is 9.36 Å². The highest BCUT2D eigenvalue weighted by molar-refractivity contribution is 7.27. The lowest BCUT2D eigenvalue weighted by Crippen LogP contribution is -2.16. The molecule has 6 nitrogen and oxygen atoms in total. The van der Waals surface area contributed by atoms with Gasteiger partial charge in [-0.05, 0) is 93.0 Å². The zero-order valence-electron chi connectivity index (χ0n) is 23.5. The monoisotopic (exact) mass is 520 g/mol. The van der Waals surface area contributed by atoms with Crippen LogP contribution in [0.1, 0.15) is 61.4 Å². The van der Waals surface area contributed by atoms with Crippen molar-refractivity contribution in [3.8, 4) is 28.9 Å². The van der Waals surface area contributed by atoms with E-state index in [0.717, 1.165) is 51.7 Å². The molecule has 1 fully saturated rings. The van der Waals surface area contributed by atoms with E-state index in [0.29, 0.717) is 17.1 Å². The molecule has 0 amide bonds. The van der Waals surface area contributed by atoms with E-state index in [1.165, 1.54) is 19.5 Å². The fourth-order valence-electron chi connectivity index (χ4n) is 4.46. The van der Waals surface area contributed by atoms with Crippen molar-refractivity contribution in [2.45, 2.75) is 48.0 Å². The number of nitriles is 1. The van der Waals surface area contributed by atoms with Crippen molar-refractivity contribution in [1.29, 1.82) is 5.26 Å². The maximum absolute atomic E-state index is 11.4. The highest BCUT2D eigenvalue weighted by Crippen LogP contribution is 2.29. The average Bonchev–Trinajstić information content (AvgIpc) is 3.48. The number of ether oxygens (including phenoxy) is 1. The minimum atomic E-state index is 0.392. The lowest BCUT2D eigenvalue weighted by Gasteiger charge is -2.13. The molecule has 2 aromatic carbocycles. The molecule has 0 radical (unpaired) electrons. The number of aryl methyl sites for hydroxylation is 1. The standard InChI is InChI=1S/C20H18N3O2P.C8H17N.C2H6/c1-12-8-16(6-7-18(12)25-3)23-13(2)17(11-24)22-20(23)14-4-5-15(10-21)19(26)9-14;1-7(2)8-4-5-9(3)6-8;1-2/h4-9,11H,26H2,1-3H3;7-8H,4-6H2,1-3H3;1-2H3. The maximum Gasteiger partial charge on any atom is 0.170 e. The van der Waals surface area contributed by atoms with Gasteiger partial charge in [-0.25, -0.2) is 4.98 Å². The van der Waals surface area contributed by atoms with Gasteiger partial charge in [0.25, 0.3) is 0 Å². The molecule has 7 heteroatoms. The number of rotatable bonds is 5. The van der Waals surface area contributed by atoms with Crippen molar-refractivity contribution < 1.29 is 9.53 Å². The predicted molar refractivity (Wildman–Crippen MR) is 156 cm³/mol. The number of nitrogens with zero attached hydrogens (tertiary/aromatic N) is 4. The molecule has 0 spiro atoms. The SMILES string of the molecule is CC.CC(C)C1CCN(C)C1.COc1ccc(-n2c(-c3ccc(C#N)c(P)c3)nc(C=O)c2C)cc1C. The predicted octanol–water partition coefficient (Wildman–Crippen LogP) is 5.97. The molecule has 198 valence electrons. The van der Waals surface area contributed by atoms with Crippen LogP contribution in [0.3, 0.4) is 0 Å². The Morgan fingerprint density at radius 3 is 2.35 bits per heavy atom. The van der Waals surface area contributed by atoms with Crippen molar-refractivity contribution in [2.75, 3.05) is 27.2 Å². The number of carbonyl (C=O) groups is 1. The van der Waals surface area contributed by atoms with Crippen LogP contribution in [0.25, 0.3) is 17.1 Å². The first kappa shape index (κ1) is 30.2. The molecule has 3 aromatic rings. The molecule has 0 N–H and O–H groups in total. The molecule has 2 heterocycles. The lowest BCUT2D eigenvalue weighted by molar-refractivity contribution is 0.111. The van der Waals surface area contributed by atoms with Crippen molar-refractivity contribution in [2.24, 2.45) is 11.8 Å². The molecule has 1 aliphatic heterocycles. The molecular formula is C30H41N4O2P. The largest absolute Gasteiger partial charge is 0.496 e. The van der Waals surface area contributed by atoms with Gasteiger partial charge in [-0.2, -0.15) is 5.26 Å². The number of carbonyl (C=O) groups excluding carboxylic acids is 1. The molecular weight excluding hydrogens is 479 g/mol. The molecule has 2 atom stereocenters. The fourth-order valence-corrected chi connectivity index (χ4v) is 4.80. The Morgan fingerprint density at radius 2 is 1.89 bits per heavy atom. The van der Waals surface area contributed by atoms with Gasteiger partial charge >= 0.3 is 0 Å². The van der Waals surface area contributed by atoms with Gasteiger partial charge in [0.15, 0.2) is 6.29 Å². The third-order valence-corrected chi connectivity index (χ3v) is 7.17. The number of methoxy groups -OCH3 is 1. The molecule has 0 saturated carbocycles. The molecule has 4 rings (SSSR count). The summed E-state index contributed by atoms with van der Waals surface area (Å²) in [5.41, 5.74) is 4.45. The van der Waals surface area contributed by atoms with Gasteiger partial charge in [0.05, 0.1) is 24.4 Å². The van der Waals surface area contributed by atoms with Gasteiger partial charge in [0, 0.05) is 17.8 Å². The van der Waals surface area contributed by atoms with Crippen LogP contribution in [0.5, 0.6) is 5.75 Å². The molecule has 2 unspecified atom stereocenters. The van der Waals surface area contributed by atoms with Gasteiger partial charge in [-0.1, -0.05) is 27.7 Å². The van der Waals surface area contributed by atoms with E-state index in [9.17, 15) is 4.79 Å². The summed E-state index contributed by atoms with van der Waals surface area (Å²) in [4.78, 5) is 18.4. The second-order valence-electron chi connectivity index (χ2n) is 9.48. The topological polar surface area (TPSA) is 71.2 Å².